The summed E-state index contributed by atoms with van der Waals surface area (Å²) in [6.07, 6.45) is 2.23. The second-order valence-corrected chi connectivity index (χ2v) is 7.92. The van der Waals surface area contributed by atoms with Crippen LogP contribution in [-0.4, -0.2) is 59.3 Å². The molecule has 162 valence electrons. The summed E-state index contributed by atoms with van der Waals surface area (Å²) in [5.74, 6) is -0.0596. The van der Waals surface area contributed by atoms with Crippen molar-refractivity contribution in [2.24, 2.45) is 0 Å². The number of nitrogens with zero attached hydrogens (tertiary/aromatic N) is 4. The van der Waals surface area contributed by atoms with Crippen LogP contribution in [0.25, 0.3) is 0 Å². The molecule has 0 radical (unpaired) electrons. The number of piperidine rings is 1. The number of piperazine rings is 1. The van der Waals surface area contributed by atoms with E-state index in [0.29, 0.717) is 44.8 Å². The first-order valence-electron chi connectivity index (χ1n) is 10.7. The number of benzene rings is 2. The van der Waals surface area contributed by atoms with E-state index in [1.807, 2.05) is 35.2 Å². The number of nitro benzene ring substituents is 1. The number of hydrogen-bond acceptors (Lipinski definition) is 5. The van der Waals surface area contributed by atoms with Crippen LogP contribution < -0.4 is 4.90 Å². The van der Waals surface area contributed by atoms with Gasteiger partial charge < -0.3 is 14.7 Å². The van der Waals surface area contributed by atoms with Crippen molar-refractivity contribution in [3.05, 3.63) is 70.3 Å². The number of anilines is 1. The second-order valence-electron chi connectivity index (χ2n) is 7.92. The normalized spacial score (nSPS) is 18.1. The van der Waals surface area contributed by atoms with Gasteiger partial charge in [-0.3, -0.25) is 19.7 Å². The number of likely N-dealkylation sites (tertiary alicyclic amines) is 1. The van der Waals surface area contributed by atoms with E-state index in [2.05, 4.69) is 0 Å². The smallest absolute Gasteiger partial charge is 0.292 e. The van der Waals surface area contributed by atoms with Crippen LogP contribution >= 0.6 is 0 Å². The number of rotatable bonds is 5. The summed E-state index contributed by atoms with van der Waals surface area (Å²) in [6.45, 7) is 2.50. The molecule has 31 heavy (non-hydrogen) atoms. The van der Waals surface area contributed by atoms with Gasteiger partial charge in [0.2, 0.25) is 11.8 Å². The van der Waals surface area contributed by atoms with Gasteiger partial charge in [-0.2, -0.15) is 0 Å². The van der Waals surface area contributed by atoms with Crippen molar-refractivity contribution in [3.63, 3.8) is 0 Å². The van der Waals surface area contributed by atoms with Gasteiger partial charge in [0.05, 0.1) is 4.92 Å². The van der Waals surface area contributed by atoms with E-state index in [1.165, 1.54) is 6.07 Å². The first-order valence-corrected chi connectivity index (χ1v) is 10.7. The Morgan fingerprint density at radius 2 is 1.58 bits per heavy atom. The standard InChI is InChI=1S/C23H26N4O4/c28-21-12-6-7-13-26(21)22(18-8-2-1-3-9-18)23(29)25-16-14-24(15-17-25)19-10-4-5-11-20(19)27(30)31/h1-5,8-11,22H,6-7,12-17H2. The number of carbonyl (C=O) groups excluding carboxylic acids is 2. The van der Waals surface area contributed by atoms with E-state index in [0.717, 1.165) is 18.4 Å². The summed E-state index contributed by atoms with van der Waals surface area (Å²) in [5.41, 5.74) is 1.47. The van der Waals surface area contributed by atoms with Gasteiger partial charge in [-0.05, 0) is 24.5 Å². The molecule has 2 amide bonds. The number of hydrogen-bond donors (Lipinski definition) is 0. The number of nitro groups is 1. The van der Waals surface area contributed by atoms with Crippen molar-refractivity contribution in [2.75, 3.05) is 37.6 Å². The lowest BCUT2D eigenvalue weighted by Crippen LogP contribution is -2.53. The quantitative estimate of drug-likeness (QED) is 0.546. The third-order valence-electron chi connectivity index (χ3n) is 6.03. The monoisotopic (exact) mass is 422 g/mol. The zero-order valence-electron chi connectivity index (χ0n) is 17.4. The summed E-state index contributed by atoms with van der Waals surface area (Å²) in [5, 5.41) is 11.4. The minimum atomic E-state index is -0.619. The zero-order valence-corrected chi connectivity index (χ0v) is 17.4. The average Bonchev–Trinajstić information content (AvgIpc) is 2.81. The van der Waals surface area contributed by atoms with Gasteiger partial charge in [0.25, 0.3) is 5.69 Å². The summed E-state index contributed by atoms with van der Waals surface area (Å²) in [7, 11) is 0. The highest BCUT2D eigenvalue weighted by atomic mass is 16.6. The Labute approximate surface area is 181 Å². The van der Waals surface area contributed by atoms with Crippen LogP contribution in [0.1, 0.15) is 30.9 Å². The summed E-state index contributed by atoms with van der Waals surface area (Å²) < 4.78 is 0. The first kappa shape index (κ1) is 20.8. The van der Waals surface area contributed by atoms with Crippen molar-refractivity contribution in [2.45, 2.75) is 25.3 Å². The molecule has 0 bridgehead atoms. The molecule has 1 unspecified atom stereocenters. The number of amides is 2. The van der Waals surface area contributed by atoms with E-state index >= 15 is 0 Å². The third-order valence-corrected chi connectivity index (χ3v) is 6.03. The second kappa shape index (κ2) is 9.16. The van der Waals surface area contributed by atoms with Gasteiger partial charge in [-0.1, -0.05) is 42.5 Å². The fourth-order valence-electron chi connectivity index (χ4n) is 4.42. The first-order chi connectivity index (χ1) is 15.1. The Kier molecular flexibility index (Phi) is 6.16. The Morgan fingerprint density at radius 1 is 0.903 bits per heavy atom. The van der Waals surface area contributed by atoms with Crippen LogP contribution in [0.15, 0.2) is 54.6 Å². The van der Waals surface area contributed by atoms with Crippen LogP contribution in [0, 0.1) is 10.1 Å². The molecule has 1 atom stereocenters. The lowest BCUT2D eigenvalue weighted by molar-refractivity contribution is -0.384. The molecule has 2 aromatic rings. The minimum Gasteiger partial charge on any atom is -0.362 e. The van der Waals surface area contributed by atoms with Crippen molar-refractivity contribution < 1.29 is 14.5 Å². The zero-order chi connectivity index (χ0) is 21.8. The Morgan fingerprint density at radius 3 is 2.26 bits per heavy atom. The van der Waals surface area contributed by atoms with Gasteiger partial charge in [-0.15, -0.1) is 0 Å². The van der Waals surface area contributed by atoms with Gasteiger partial charge in [0, 0.05) is 45.2 Å². The topological polar surface area (TPSA) is 87.0 Å². The van der Waals surface area contributed by atoms with E-state index in [1.54, 1.807) is 28.0 Å². The molecular formula is C23H26N4O4. The maximum atomic E-state index is 13.6. The van der Waals surface area contributed by atoms with E-state index in [9.17, 15) is 19.7 Å². The maximum Gasteiger partial charge on any atom is 0.292 e. The SMILES string of the molecule is O=C(C(c1ccccc1)N1CCCCC1=O)N1CCN(c2ccccc2[N+](=O)[O-])CC1. The van der Waals surface area contributed by atoms with Crippen LogP contribution in [-0.2, 0) is 9.59 Å². The predicted octanol–water partition coefficient (Wildman–Crippen LogP) is 3.00. The van der Waals surface area contributed by atoms with Gasteiger partial charge in [0.1, 0.15) is 11.7 Å². The third kappa shape index (κ3) is 4.38. The Bertz CT molecular complexity index is 957. The van der Waals surface area contributed by atoms with Crippen molar-refractivity contribution >= 4 is 23.2 Å². The maximum absolute atomic E-state index is 13.6. The highest BCUT2D eigenvalue weighted by molar-refractivity contribution is 5.89. The fourth-order valence-corrected chi connectivity index (χ4v) is 4.42. The molecule has 8 heteroatoms. The molecule has 8 nitrogen and oxygen atoms in total. The molecule has 4 rings (SSSR count). The largest absolute Gasteiger partial charge is 0.362 e. The molecule has 0 N–H and O–H groups in total. The molecule has 2 saturated heterocycles. The molecule has 2 aliphatic heterocycles. The van der Waals surface area contributed by atoms with Crippen LogP contribution in [0.2, 0.25) is 0 Å². The summed E-state index contributed by atoms with van der Waals surface area (Å²) >= 11 is 0. The average molecular weight is 422 g/mol. The molecule has 0 saturated carbocycles. The van der Waals surface area contributed by atoms with Crippen molar-refractivity contribution in [3.8, 4) is 0 Å². The highest BCUT2D eigenvalue weighted by Crippen LogP contribution is 2.31. The van der Waals surface area contributed by atoms with E-state index < -0.39 is 6.04 Å². The number of carbonyl (C=O) groups is 2. The minimum absolute atomic E-state index is 0.0204. The Hall–Kier alpha value is -3.42. The van der Waals surface area contributed by atoms with Gasteiger partial charge in [-0.25, -0.2) is 0 Å². The van der Waals surface area contributed by atoms with E-state index in [4.69, 9.17) is 0 Å². The van der Waals surface area contributed by atoms with Crippen LogP contribution in [0.4, 0.5) is 11.4 Å². The van der Waals surface area contributed by atoms with Crippen molar-refractivity contribution in [1.82, 2.24) is 9.80 Å². The molecule has 2 heterocycles. The van der Waals surface area contributed by atoms with Gasteiger partial charge >= 0.3 is 0 Å². The molecule has 0 aromatic heterocycles. The molecular weight excluding hydrogens is 396 g/mol. The fraction of sp³-hybridized carbons (Fsp3) is 0.391. The molecule has 2 aromatic carbocycles. The summed E-state index contributed by atoms with van der Waals surface area (Å²) in [4.78, 5) is 42.6. The Balaban J connectivity index is 1.52. The van der Waals surface area contributed by atoms with E-state index in [-0.39, 0.29) is 22.4 Å². The molecule has 2 fully saturated rings. The number of para-hydroxylation sites is 2. The van der Waals surface area contributed by atoms with Crippen molar-refractivity contribution in [1.29, 1.82) is 0 Å². The highest BCUT2D eigenvalue weighted by Gasteiger charge is 2.36. The molecule has 0 spiro atoms. The lowest BCUT2D eigenvalue weighted by Gasteiger charge is -2.40. The summed E-state index contributed by atoms with van der Waals surface area (Å²) in [6, 6.07) is 15.5. The molecule has 0 aliphatic carbocycles. The van der Waals surface area contributed by atoms with Gasteiger partial charge in [0.15, 0.2) is 0 Å². The lowest BCUT2D eigenvalue weighted by atomic mass is 9.99. The predicted molar refractivity (Wildman–Crippen MR) is 117 cm³/mol. The van der Waals surface area contributed by atoms with Crippen LogP contribution in [0.5, 0.6) is 0 Å². The molecule has 2 aliphatic rings. The van der Waals surface area contributed by atoms with Crippen LogP contribution in [0.3, 0.4) is 0 Å².